The molecular weight excluding hydrogens is 503 g/mol. The Morgan fingerprint density at radius 2 is 1.95 bits per heavy atom. The molecule has 10 nitrogen and oxygen atoms in total. The number of rotatable bonds is 10. The molecule has 0 radical (unpaired) electrons. The van der Waals surface area contributed by atoms with Crippen LogP contribution in [0.3, 0.4) is 0 Å². The Bertz CT molecular complexity index is 1270. The third kappa shape index (κ3) is 7.20. The largest absolute Gasteiger partial charge is 0.378 e. The number of hydrogen-bond acceptors (Lipinski definition) is 9. The Morgan fingerprint density at radius 1 is 1.18 bits per heavy atom. The van der Waals surface area contributed by atoms with Crippen LogP contribution in [0.4, 0.5) is 27.3 Å². The highest BCUT2D eigenvalue weighted by atomic mass is 19.1. The number of anilines is 4. The van der Waals surface area contributed by atoms with Gasteiger partial charge in [0.1, 0.15) is 11.6 Å². The van der Waals surface area contributed by atoms with Gasteiger partial charge in [-0.2, -0.15) is 5.06 Å². The van der Waals surface area contributed by atoms with Crippen LogP contribution in [-0.4, -0.2) is 60.9 Å². The molecule has 2 aromatic heterocycles. The molecule has 1 aromatic carbocycles. The summed E-state index contributed by atoms with van der Waals surface area (Å²) in [6, 6.07) is 9.54. The predicted molar refractivity (Wildman–Crippen MR) is 148 cm³/mol. The molecule has 1 aliphatic heterocycles. The summed E-state index contributed by atoms with van der Waals surface area (Å²) in [6.45, 7) is 9.10. The highest BCUT2D eigenvalue weighted by Crippen LogP contribution is 2.26. The number of aromatic nitrogens is 2. The van der Waals surface area contributed by atoms with Gasteiger partial charge in [0.05, 0.1) is 55.3 Å². The van der Waals surface area contributed by atoms with Gasteiger partial charge in [-0.3, -0.25) is 14.6 Å². The smallest absolute Gasteiger partial charge is 0.284 e. The number of aryl methyl sites for hydroxylation is 1. The summed E-state index contributed by atoms with van der Waals surface area (Å²) >= 11 is 0. The molecule has 11 heteroatoms. The van der Waals surface area contributed by atoms with Crippen LogP contribution in [0.15, 0.2) is 48.8 Å². The summed E-state index contributed by atoms with van der Waals surface area (Å²) in [7, 11) is 1.40. The van der Waals surface area contributed by atoms with Crippen LogP contribution < -0.4 is 20.6 Å². The standard InChI is InChI=1S/C28H35FN6O4/c1-18(2)15-31-26-6-5-23(17-32-26)35(38-4)28(37)25-14-22(16-30-19(25)3)33-27(36)20-11-21(29)13-24(12-20)34-7-9-39-10-8-34/h5-6,11-14,16-18,27,33,36H,7-10,15H2,1-4H3,(H,31,32). The van der Waals surface area contributed by atoms with Crippen molar-refractivity contribution in [1.29, 1.82) is 0 Å². The van der Waals surface area contributed by atoms with Crippen molar-refractivity contribution in [2.24, 2.45) is 5.92 Å². The van der Waals surface area contributed by atoms with Gasteiger partial charge >= 0.3 is 0 Å². The average molecular weight is 539 g/mol. The van der Waals surface area contributed by atoms with E-state index in [9.17, 15) is 14.3 Å². The van der Waals surface area contributed by atoms with E-state index in [0.717, 1.165) is 11.6 Å². The molecule has 1 aliphatic rings. The molecule has 3 N–H and O–H groups in total. The quantitative estimate of drug-likeness (QED) is 0.259. The maximum atomic E-state index is 14.4. The zero-order valence-corrected chi connectivity index (χ0v) is 22.6. The highest BCUT2D eigenvalue weighted by Gasteiger charge is 2.22. The van der Waals surface area contributed by atoms with E-state index < -0.39 is 18.0 Å². The number of benzene rings is 1. The first-order valence-corrected chi connectivity index (χ1v) is 12.9. The lowest BCUT2D eigenvalue weighted by Crippen LogP contribution is -2.36. The van der Waals surface area contributed by atoms with Crippen LogP contribution in [0.2, 0.25) is 0 Å². The zero-order valence-electron chi connectivity index (χ0n) is 22.6. The lowest BCUT2D eigenvalue weighted by molar-refractivity contribution is 0.0772. The van der Waals surface area contributed by atoms with E-state index in [4.69, 9.17) is 9.57 Å². The van der Waals surface area contributed by atoms with Crippen molar-refractivity contribution in [3.63, 3.8) is 0 Å². The SMILES string of the molecule is CON(C(=O)c1cc(NC(O)c2cc(F)cc(N3CCOCC3)c2)cnc1C)c1ccc(NCC(C)C)nc1. The number of morpholine rings is 1. The summed E-state index contributed by atoms with van der Waals surface area (Å²) in [4.78, 5) is 29.5. The van der Waals surface area contributed by atoms with Crippen LogP contribution in [0.25, 0.3) is 0 Å². The summed E-state index contributed by atoms with van der Waals surface area (Å²) in [5.41, 5.74) is 2.60. The Morgan fingerprint density at radius 3 is 2.62 bits per heavy atom. The second-order valence-electron chi connectivity index (χ2n) is 9.70. The van der Waals surface area contributed by atoms with E-state index in [1.54, 1.807) is 37.4 Å². The highest BCUT2D eigenvalue weighted by molar-refractivity contribution is 6.05. The van der Waals surface area contributed by atoms with Crippen LogP contribution in [0.1, 0.15) is 41.7 Å². The van der Waals surface area contributed by atoms with Crippen molar-refractivity contribution in [2.75, 3.05) is 60.6 Å². The van der Waals surface area contributed by atoms with Gasteiger partial charge in [-0.25, -0.2) is 9.37 Å². The first kappa shape index (κ1) is 28.2. The molecule has 1 atom stereocenters. The molecule has 1 unspecified atom stereocenters. The van der Waals surface area contributed by atoms with Crippen LogP contribution >= 0.6 is 0 Å². The Kier molecular flexibility index (Phi) is 9.28. The number of carbonyl (C=O) groups excluding carboxylic acids is 1. The zero-order chi connectivity index (χ0) is 27.9. The number of nitrogens with zero attached hydrogens (tertiary/aromatic N) is 4. The van der Waals surface area contributed by atoms with E-state index in [-0.39, 0.29) is 5.56 Å². The van der Waals surface area contributed by atoms with Crippen molar-refractivity contribution in [3.8, 4) is 0 Å². The number of hydroxylamine groups is 1. The molecule has 4 rings (SSSR count). The van der Waals surface area contributed by atoms with Crippen molar-refractivity contribution in [2.45, 2.75) is 27.0 Å². The molecule has 0 spiro atoms. The van der Waals surface area contributed by atoms with E-state index >= 15 is 0 Å². The summed E-state index contributed by atoms with van der Waals surface area (Å²) < 4.78 is 19.8. The first-order valence-electron chi connectivity index (χ1n) is 12.9. The molecule has 1 saturated heterocycles. The lowest BCUT2D eigenvalue weighted by atomic mass is 10.1. The molecule has 0 aliphatic carbocycles. The maximum absolute atomic E-state index is 14.4. The topological polar surface area (TPSA) is 112 Å². The van der Waals surface area contributed by atoms with Gasteiger partial charge in [0.2, 0.25) is 0 Å². The monoisotopic (exact) mass is 538 g/mol. The fourth-order valence-electron chi connectivity index (χ4n) is 4.16. The maximum Gasteiger partial charge on any atom is 0.284 e. The van der Waals surface area contributed by atoms with E-state index in [0.29, 0.717) is 66.4 Å². The molecule has 0 bridgehead atoms. The molecule has 1 fully saturated rings. The predicted octanol–water partition coefficient (Wildman–Crippen LogP) is 4.14. The van der Waals surface area contributed by atoms with Crippen LogP contribution in [-0.2, 0) is 9.57 Å². The number of hydrogen-bond donors (Lipinski definition) is 3. The minimum Gasteiger partial charge on any atom is -0.378 e. The van der Waals surface area contributed by atoms with Crippen molar-refractivity contribution >= 4 is 28.8 Å². The van der Waals surface area contributed by atoms with Crippen LogP contribution in [0, 0.1) is 18.7 Å². The molecule has 39 heavy (non-hydrogen) atoms. The second-order valence-corrected chi connectivity index (χ2v) is 9.70. The molecular formula is C28H35FN6O4. The number of aliphatic hydroxyl groups is 1. The molecule has 3 aromatic rings. The van der Waals surface area contributed by atoms with E-state index in [1.165, 1.54) is 25.4 Å². The average Bonchev–Trinajstić information content (AvgIpc) is 2.94. The number of ether oxygens (including phenoxy) is 1. The molecule has 0 saturated carbocycles. The number of nitrogens with one attached hydrogen (secondary N) is 2. The summed E-state index contributed by atoms with van der Waals surface area (Å²) in [6.07, 6.45) is 1.82. The Balaban J connectivity index is 1.50. The molecule has 1 amide bonds. The van der Waals surface area contributed by atoms with Gasteiger partial charge in [-0.05, 0) is 49.2 Å². The van der Waals surface area contributed by atoms with Crippen molar-refractivity contribution in [1.82, 2.24) is 9.97 Å². The third-order valence-electron chi connectivity index (χ3n) is 6.26. The fraction of sp³-hybridized carbons (Fsp3) is 0.393. The number of halogens is 1. The van der Waals surface area contributed by atoms with Gasteiger partial charge in [0.15, 0.2) is 6.23 Å². The number of pyridine rings is 2. The Labute approximate surface area is 227 Å². The van der Waals surface area contributed by atoms with Gasteiger partial charge in [0.25, 0.3) is 5.91 Å². The number of aliphatic hydroxyl groups excluding tert-OH is 1. The fourth-order valence-corrected chi connectivity index (χ4v) is 4.16. The summed E-state index contributed by atoms with van der Waals surface area (Å²) in [5, 5.41) is 18.2. The minimum atomic E-state index is -1.23. The first-order chi connectivity index (χ1) is 18.7. The minimum absolute atomic E-state index is 0.268. The number of carbonyl (C=O) groups is 1. The van der Waals surface area contributed by atoms with Crippen LogP contribution in [0.5, 0.6) is 0 Å². The molecule has 3 heterocycles. The van der Waals surface area contributed by atoms with Gasteiger partial charge in [-0.15, -0.1) is 0 Å². The van der Waals surface area contributed by atoms with Gasteiger partial charge < -0.3 is 25.4 Å². The molecule has 208 valence electrons. The summed E-state index contributed by atoms with van der Waals surface area (Å²) in [5.74, 6) is 0.252. The lowest BCUT2D eigenvalue weighted by Gasteiger charge is -2.29. The van der Waals surface area contributed by atoms with E-state index in [2.05, 4.69) is 34.4 Å². The number of amides is 1. The van der Waals surface area contributed by atoms with E-state index in [1.807, 2.05) is 4.90 Å². The van der Waals surface area contributed by atoms with Gasteiger partial charge in [-0.1, -0.05) is 13.8 Å². The van der Waals surface area contributed by atoms with Crippen molar-refractivity contribution < 1.29 is 23.9 Å². The van der Waals surface area contributed by atoms with Gasteiger partial charge in [0, 0.05) is 30.9 Å². The Hall–Kier alpha value is -3.80. The second kappa shape index (κ2) is 12.8. The van der Waals surface area contributed by atoms with Crippen molar-refractivity contribution in [3.05, 3.63) is 71.4 Å². The normalized spacial score (nSPS) is 14.3. The third-order valence-corrected chi connectivity index (χ3v) is 6.26.